The van der Waals surface area contributed by atoms with Gasteiger partial charge in [0.05, 0.1) is 5.69 Å². The fourth-order valence-corrected chi connectivity index (χ4v) is 1.35. The van der Waals surface area contributed by atoms with Crippen LogP contribution in [0.3, 0.4) is 0 Å². The second-order valence-electron chi connectivity index (χ2n) is 3.10. The summed E-state index contributed by atoms with van der Waals surface area (Å²) in [5.74, 6) is -1.58. The first-order valence-corrected chi connectivity index (χ1v) is 4.47. The van der Waals surface area contributed by atoms with Crippen molar-refractivity contribution in [3.8, 4) is 11.3 Å². The molecule has 16 heavy (non-hydrogen) atoms. The zero-order valence-corrected chi connectivity index (χ0v) is 8.09. The number of hydrogen-bond acceptors (Lipinski definition) is 3. The van der Waals surface area contributed by atoms with Crippen molar-refractivity contribution in [2.24, 2.45) is 0 Å². The molecule has 0 unspecified atom stereocenters. The standard InChI is InChI=1S/C11H7FN2O2/c12-8-3-1-2-7(4-8)10-9(11(15)16)5-13-6-14-10/h1-6H,(H,15,16). The molecular formula is C11H7FN2O2. The Morgan fingerprint density at radius 3 is 2.88 bits per heavy atom. The number of hydrogen-bond donors (Lipinski definition) is 1. The van der Waals surface area contributed by atoms with Crippen LogP contribution in [0.4, 0.5) is 4.39 Å². The van der Waals surface area contributed by atoms with Crippen LogP contribution in [0, 0.1) is 5.82 Å². The number of carboxylic acid groups (broad SMARTS) is 1. The summed E-state index contributed by atoms with van der Waals surface area (Å²) in [5.41, 5.74) is 0.579. The van der Waals surface area contributed by atoms with E-state index in [0.717, 1.165) is 0 Å². The molecule has 0 aliphatic carbocycles. The van der Waals surface area contributed by atoms with Crippen LogP contribution in [0.2, 0.25) is 0 Å². The van der Waals surface area contributed by atoms with Gasteiger partial charge in [0.25, 0.3) is 0 Å². The van der Waals surface area contributed by atoms with Gasteiger partial charge in [-0.15, -0.1) is 0 Å². The average molecular weight is 218 g/mol. The predicted molar refractivity (Wildman–Crippen MR) is 54.4 cm³/mol. The molecule has 4 nitrogen and oxygen atoms in total. The van der Waals surface area contributed by atoms with E-state index in [-0.39, 0.29) is 11.3 Å². The number of halogens is 1. The maximum atomic E-state index is 13.0. The molecule has 5 heteroatoms. The van der Waals surface area contributed by atoms with Crippen LogP contribution in [0.25, 0.3) is 11.3 Å². The Hall–Kier alpha value is -2.30. The Labute approximate surface area is 90.4 Å². The zero-order chi connectivity index (χ0) is 11.5. The van der Waals surface area contributed by atoms with Crippen molar-refractivity contribution >= 4 is 5.97 Å². The summed E-state index contributed by atoms with van der Waals surface area (Å²) in [5, 5.41) is 8.92. The normalized spacial score (nSPS) is 10.1. The van der Waals surface area contributed by atoms with E-state index in [0.29, 0.717) is 5.56 Å². The molecule has 0 bridgehead atoms. The van der Waals surface area contributed by atoms with Gasteiger partial charge >= 0.3 is 5.97 Å². The average Bonchev–Trinajstić information content (AvgIpc) is 2.29. The summed E-state index contributed by atoms with van der Waals surface area (Å²) in [7, 11) is 0. The first-order chi connectivity index (χ1) is 7.68. The number of carbonyl (C=O) groups is 1. The molecule has 0 aliphatic heterocycles. The highest BCUT2D eigenvalue weighted by Crippen LogP contribution is 2.20. The summed E-state index contributed by atoms with van der Waals surface area (Å²) < 4.78 is 13.0. The summed E-state index contributed by atoms with van der Waals surface area (Å²) in [6.07, 6.45) is 2.42. The minimum absolute atomic E-state index is 0.0481. The molecule has 0 saturated carbocycles. The van der Waals surface area contributed by atoms with E-state index in [4.69, 9.17) is 5.11 Å². The third kappa shape index (κ3) is 1.88. The summed E-state index contributed by atoms with van der Waals surface area (Å²) >= 11 is 0. The van der Waals surface area contributed by atoms with Crippen LogP contribution in [0.15, 0.2) is 36.8 Å². The van der Waals surface area contributed by atoms with E-state index in [1.54, 1.807) is 6.07 Å². The predicted octanol–water partition coefficient (Wildman–Crippen LogP) is 1.98. The lowest BCUT2D eigenvalue weighted by atomic mass is 10.1. The molecule has 1 aromatic carbocycles. The maximum absolute atomic E-state index is 13.0. The molecule has 0 atom stereocenters. The topological polar surface area (TPSA) is 63.1 Å². The molecule has 80 valence electrons. The summed E-state index contributed by atoms with van der Waals surface area (Å²) in [6.45, 7) is 0. The summed E-state index contributed by atoms with van der Waals surface area (Å²) in [6, 6.07) is 5.61. The Kier molecular flexibility index (Phi) is 2.59. The number of aromatic carboxylic acids is 1. The lowest BCUT2D eigenvalue weighted by molar-refractivity contribution is 0.0697. The molecule has 0 aliphatic rings. The monoisotopic (exact) mass is 218 g/mol. The molecule has 0 radical (unpaired) electrons. The minimum Gasteiger partial charge on any atom is -0.478 e. The second-order valence-corrected chi connectivity index (χ2v) is 3.10. The quantitative estimate of drug-likeness (QED) is 0.837. The Morgan fingerprint density at radius 2 is 2.19 bits per heavy atom. The van der Waals surface area contributed by atoms with Gasteiger partial charge in [0.2, 0.25) is 0 Å². The number of rotatable bonds is 2. The van der Waals surface area contributed by atoms with E-state index < -0.39 is 11.8 Å². The molecule has 2 aromatic rings. The molecule has 0 saturated heterocycles. The van der Waals surface area contributed by atoms with Gasteiger partial charge in [-0.05, 0) is 12.1 Å². The molecule has 0 amide bonds. The van der Waals surface area contributed by atoms with Crippen LogP contribution in [0.1, 0.15) is 10.4 Å². The van der Waals surface area contributed by atoms with Gasteiger partial charge < -0.3 is 5.11 Å². The zero-order valence-electron chi connectivity index (χ0n) is 8.09. The van der Waals surface area contributed by atoms with Crippen LogP contribution in [-0.4, -0.2) is 21.0 Å². The first-order valence-electron chi connectivity index (χ1n) is 4.47. The van der Waals surface area contributed by atoms with Crippen LogP contribution < -0.4 is 0 Å². The van der Waals surface area contributed by atoms with E-state index in [2.05, 4.69) is 9.97 Å². The van der Waals surface area contributed by atoms with Crippen molar-refractivity contribution in [1.82, 2.24) is 9.97 Å². The second kappa shape index (κ2) is 4.06. The van der Waals surface area contributed by atoms with Crippen LogP contribution in [-0.2, 0) is 0 Å². The highest BCUT2D eigenvalue weighted by Gasteiger charge is 2.13. The lowest BCUT2D eigenvalue weighted by Crippen LogP contribution is -2.02. The third-order valence-corrected chi connectivity index (χ3v) is 2.04. The first kappa shape index (κ1) is 10.2. The number of carboxylic acids is 1. The highest BCUT2D eigenvalue weighted by molar-refractivity contribution is 5.94. The van der Waals surface area contributed by atoms with Gasteiger partial charge in [-0.2, -0.15) is 0 Å². The van der Waals surface area contributed by atoms with Crippen molar-refractivity contribution < 1.29 is 14.3 Å². The Balaban J connectivity index is 2.60. The molecule has 0 fully saturated rings. The molecular weight excluding hydrogens is 211 g/mol. The van der Waals surface area contributed by atoms with Crippen molar-refractivity contribution in [3.63, 3.8) is 0 Å². The molecule has 1 N–H and O–H groups in total. The van der Waals surface area contributed by atoms with E-state index in [9.17, 15) is 9.18 Å². The maximum Gasteiger partial charge on any atom is 0.339 e. The number of benzene rings is 1. The molecule has 1 heterocycles. The minimum atomic E-state index is -1.14. The van der Waals surface area contributed by atoms with Crippen LogP contribution in [0.5, 0.6) is 0 Å². The van der Waals surface area contributed by atoms with E-state index in [1.165, 1.54) is 30.7 Å². The van der Waals surface area contributed by atoms with Crippen molar-refractivity contribution in [2.75, 3.05) is 0 Å². The molecule has 0 spiro atoms. The number of aromatic nitrogens is 2. The summed E-state index contributed by atoms with van der Waals surface area (Å²) in [4.78, 5) is 18.4. The van der Waals surface area contributed by atoms with Gasteiger partial charge in [0.1, 0.15) is 17.7 Å². The van der Waals surface area contributed by atoms with Gasteiger partial charge in [-0.1, -0.05) is 12.1 Å². The van der Waals surface area contributed by atoms with E-state index >= 15 is 0 Å². The smallest absolute Gasteiger partial charge is 0.339 e. The van der Waals surface area contributed by atoms with Crippen molar-refractivity contribution in [2.45, 2.75) is 0 Å². The number of nitrogens with zero attached hydrogens (tertiary/aromatic N) is 2. The van der Waals surface area contributed by atoms with Gasteiger partial charge in [-0.25, -0.2) is 19.2 Å². The lowest BCUT2D eigenvalue weighted by Gasteiger charge is -2.03. The third-order valence-electron chi connectivity index (χ3n) is 2.04. The van der Waals surface area contributed by atoms with Crippen LogP contribution >= 0.6 is 0 Å². The van der Waals surface area contributed by atoms with Gasteiger partial charge in [0, 0.05) is 11.8 Å². The Morgan fingerprint density at radius 1 is 1.38 bits per heavy atom. The van der Waals surface area contributed by atoms with Gasteiger partial charge in [0.15, 0.2) is 0 Å². The van der Waals surface area contributed by atoms with Gasteiger partial charge in [-0.3, -0.25) is 0 Å². The molecule has 2 rings (SSSR count). The fraction of sp³-hybridized carbons (Fsp3) is 0. The largest absolute Gasteiger partial charge is 0.478 e. The highest BCUT2D eigenvalue weighted by atomic mass is 19.1. The molecule has 1 aromatic heterocycles. The SMILES string of the molecule is O=C(O)c1cncnc1-c1cccc(F)c1. The fourth-order valence-electron chi connectivity index (χ4n) is 1.35. The Bertz CT molecular complexity index is 543. The van der Waals surface area contributed by atoms with E-state index in [1.807, 2.05) is 0 Å². The van der Waals surface area contributed by atoms with Crippen molar-refractivity contribution in [1.29, 1.82) is 0 Å². The van der Waals surface area contributed by atoms with Crippen molar-refractivity contribution in [3.05, 3.63) is 48.2 Å².